The standard InChI is InChI=1S/C87H151N23O34/c1-37(2)34-55(102-84(140)65(45(12)112)107-73(129)49(91)22-16-19-31-88)80(136)99-50(23-17-20-32-89)74(130)92-36-57(116)97-52(25-28-58(117)118)78(134)108-67(47(14)114)85(141)110-68(48(15)115)86(142)109-66(46(13)113)83(139)101-53(26-29-59(119)120)75(131)94-43(10)71(127)104-62(38(3)4)81(137)103-56(35-61(123)124)79(135)95-40(7)69(125)93-42(9)72(128)106-64(44(11)111)82(138)96-41(8)70(126)98-54(27-30-60(121)122)76(132)100-51(24-18-21-33-90)77(133)105-63(39(5)6)87(143)144/h37-56,62-68,111-115H,16-36,88-91H2,1-15H3,(H,92,130)(H,93,125)(H,94,131)(H,95,135)(H,96,138)(H,97,116)(H,98,126)(H,99,136)(H,100,132)(H,101,139)(H,102,140)(H,103,137)(H,104,127)(H,105,133)(H,106,128)(H,107,129)(H,108,134)(H,109,142)(H,110,141)(H,117,118)(H,119,120)(H,121,122)(H,123,124)(H,143,144)/t40-,41-,42-,43-,44+,45+,46+,47+,48+,49-,50-,51-,52-,53-,54-,55-,56-,62-,63-,64-,65-,66-,67-,68-/m0/s1. The van der Waals surface area contributed by atoms with Crippen molar-refractivity contribution in [2.45, 2.75) is 358 Å². The number of aliphatic carboxylic acids is 5. The van der Waals surface area contributed by atoms with Crippen molar-refractivity contribution in [2.24, 2.45) is 40.7 Å². The normalized spacial score (nSPS) is 16.3. The third-order valence-corrected chi connectivity index (χ3v) is 21.9. The number of nitrogens with two attached hydrogens (primary N) is 4. The van der Waals surface area contributed by atoms with E-state index in [9.17, 15) is 166 Å². The van der Waals surface area contributed by atoms with Crippen LogP contribution in [0.3, 0.4) is 0 Å². The minimum atomic E-state index is -2.20. The molecule has 0 bridgehead atoms. The van der Waals surface area contributed by atoms with Crippen molar-refractivity contribution in [1.82, 2.24) is 101 Å². The molecule has 57 heteroatoms. The molecule has 0 fully saturated rings. The second-order valence-corrected chi connectivity index (χ2v) is 36.0. The van der Waals surface area contributed by atoms with Crippen LogP contribution in [0.2, 0.25) is 0 Å². The van der Waals surface area contributed by atoms with Crippen LogP contribution in [-0.2, 0) is 115 Å². The molecular weight excluding hydrogens is 1910 g/mol. The summed E-state index contributed by atoms with van der Waals surface area (Å²) in [4.78, 5) is 320. The maximum Gasteiger partial charge on any atom is 0.326 e. The first-order valence-electron chi connectivity index (χ1n) is 47.1. The molecule has 0 aromatic heterocycles. The first-order valence-corrected chi connectivity index (χ1v) is 47.1. The van der Waals surface area contributed by atoms with Gasteiger partial charge in [-0.15, -0.1) is 0 Å². The summed E-state index contributed by atoms with van der Waals surface area (Å²) in [5.41, 5.74) is 22.8. The van der Waals surface area contributed by atoms with E-state index < -0.39 is 351 Å². The Morgan fingerprint density at radius 3 is 0.840 bits per heavy atom. The Morgan fingerprint density at radius 1 is 0.236 bits per heavy atom. The number of aliphatic hydroxyl groups excluding tert-OH is 5. The van der Waals surface area contributed by atoms with Gasteiger partial charge in [-0.1, -0.05) is 48.0 Å². The van der Waals surface area contributed by atoms with Crippen LogP contribution in [0.5, 0.6) is 0 Å². The van der Waals surface area contributed by atoms with Gasteiger partial charge in [0.2, 0.25) is 112 Å². The second-order valence-electron chi connectivity index (χ2n) is 36.0. The maximum atomic E-state index is 14.1. The van der Waals surface area contributed by atoms with Gasteiger partial charge < -0.3 is 175 Å². The number of hydrogen-bond acceptors (Lipinski definition) is 33. The van der Waals surface area contributed by atoms with Gasteiger partial charge in [0.15, 0.2) is 0 Å². The van der Waals surface area contributed by atoms with E-state index in [4.69, 9.17) is 22.9 Å². The molecule has 144 heavy (non-hydrogen) atoms. The molecule has 24 atom stereocenters. The zero-order chi connectivity index (χ0) is 111. The van der Waals surface area contributed by atoms with Crippen molar-refractivity contribution in [1.29, 1.82) is 0 Å². The number of nitrogens with one attached hydrogen (secondary N) is 19. The number of carboxylic acid groups (broad SMARTS) is 5. The third-order valence-electron chi connectivity index (χ3n) is 21.9. The number of hydrogen-bond donors (Lipinski definition) is 33. The van der Waals surface area contributed by atoms with Gasteiger partial charge in [-0.05, 0) is 177 Å². The fourth-order valence-corrected chi connectivity index (χ4v) is 13.4. The van der Waals surface area contributed by atoms with Crippen LogP contribution in [0.1, 0.15) is 213 Å². The lowest BCUT2D eigenvalue weighted by Gasteiger charge is -2.30. The van der Waals surface area contributed by atoms with Crippen LogP contribution < -0.4 is 124 Å². The molecule has 37 N–H and O–H groups in total. The van der Waals surface area contributed by atoms with Gasteiger partial charge >= 0.3 is 29.8 Å². The lowest BCUT2D eigenvalue weighted by atomic mass is 10.0. The van der Waals surface area contributed by atoms with Gasteiger partial charge in [-0.2, -0.15) is 0 Å². The Hall–Kier alpha value is -13.1. The van der Waals surface area contributed by atoms with E-state index in [0.29, 0.717) is 32.2 Å². The number of carboxylic acids is 5. The Morgan fingerprint density at radius 2 is 0.479 bits per heavy atom. The van der Waals surface area contributed by atoms with E-state index in [1.165, 1.54) is 34.6 Å². The zero-order valence-electron chi connectivity index (χ0n) is 83.5. The summed E-state index contributed by atoms with van der Waals surface area (Å²) in [6, 6.07) is -32.7. The summed E-state index contributed by atoms with van der Waals surface area (Å²) in [7, 11) is 0. The number of unbranched alkanes of at least 4 members (excludes halogenated alkanes) is 3. The minimum Gasteiger partial charge on any atom is -0.481 e. The summed E-state index contributed by atoms with van der Waals surface area (Å²) >= 11 is 0. The fourth-order valence-electron chi connectivity index (χ4n) is 13.4. The van der Waals surface area contributed by atoms with Crippen molar-refractivity contribution in [3.63, 3.8) is 0 Å². The average Bonchev–Trinajstić information content (AvgIpc) is 0.831. The molecular formula is C87H151N23O34. The summed E-state index contributed by atoms with van der Waals surface area (Å²) < 4.78 is 0. The maximum absolute atomic E-state index is 14.1. The van der Waals surface area contributed by atoms with Crippen LogP contribution in [0.4, 0.5) is 0 Å². The molecule has 0 saturated carbocycles. The number of carbonyl (C=O) groups excluding carboxylic acids is 19. The Balaban J connectivity index is 6.59. The molecule has 0 aromatic rings. The summed E-state index contributed by atoms with van der Waals surface area (Å²) in [6.07, 6.45) is -12.6. The highest BCUT2D eigenvalue weighted by molar-refractivity contribution is 6.03. The molecule has 19 amide bonds. The van der Waals surface area contributed by atoms with E-state index >= 15 is 0 Å². The van der Waals surface area contributed by atoms with Crippen LogP contribution in [-0.4, -0.2) is 365 Å². The second kappa shape index (κ2) is 66.7. The van der Waals surface area contributed by atoms with Crippen molar-refractivity contribution < 1.29 is 166 Å². The van der Waals surface area contributed by atoms with Crippen LogP contribution in [0.25, 0.3) is 0 Å². The number of aliphatic hydroxyl groups is 5. The van der Waals surface area contributed by atoms with E-state index in [1.54, 1.807) is 13.8 Å². The first-order chi connectivity index (χ1) is 67.0. The van der Waals surface area contributed by atoms with Gasteiger partial charge in [-0.3, -0.25) is 110 Å². The predicted molar refractivity (Wildman–Crippen MR) is 505 cm³/mol. The van der Waals surface area contributed by atoms with Crippen molar-refractivity contribution in [2.75, 3.05) is 26.2 Å². The van der Waals surface area contributed by atoms with Crippen molar-refractivity contribution >= 4 is 142 Å². The monoisotopic (exact) mass is 2060 g/mol. The fraction of sp³-hybridized carbons (Fsp3) is 0.724. The number of amides is 19. The smallest absolute Gasteiger partial charge is 0.326 e. The minimum absolute atomic E-state index is 0.0371. The first kappa shape index (κ1) is 131. The Kier molecular flexibility index (Phi) is 60.6. The zero-order valence-corrected chi connectivity index (χ0v) is 83.5. The average molecular weight is 2060 g/mol. The van der Waals surface area contributed by atoms with Gasteiger partial charge in [0, 0.05) is 19.3 Å². The van der Waals surface area contributed by atoms with Crippen molar-refractivity contribution in [3.8, 4) is 0 Å². The van der Waals surface area contributed by atoms with Crippen molar-refractivity contribution in [3.05, 3.63) is 0 Å². The topological polar surface area (TPSA) is 945 Å². The van der Waals surface area contributed by atoms with Gasteiger partial charge in [0.25, 0.3) is 0 Å². The summed E-state index contributed by atoms with van der Waals surface area (Å²) in [5.74, 6) is -31.8. The summed E-state index contributed by atoms with van der Waals surface area (Å²) in [5, 5.41) is 145. The molecule has 0 heterocycles. The van der Waals surface area contributed by atoms with Crippen LogP contribution in [0.15, 0.2) is 0 Å². The molecule has 0 saturated heterocycles. The molecule has 0 unspecified atom stereocenters. The molecule has 0 aliphatic rings. The molecule has 0 radical (unpaired) electrons. The van der Waals surface area contributed by atoms with Crippen LogP contribution >= 0.6 is 0 Å². The predicted octanol–water partition coefficient (Wildman–Crippen LogP) is -12.0. The Bertz CT molecular complexity index is 4350. The van der Waals surface area contributed by atoms with E-state index in [1.807, 2.05) is 0 Å². The largest absolute Gasteiger partial charge is 0.481 e. The number of carbonyl (C=O) groups is 24. The molecule has 0 spiro atoms. The molecule has 0 aliphatic carbocycles. The SMILES string of the molecule is CC(C)C[C@H](NC(=O)[C@@H](NC(=O)[C@@H](N)CCCCN)[C@@H](C)O)C(=O)N[C@@H](CCCCN)C(=O)NCC(=O)N[C@@H](CCC(=O)O)C(=O)N[C@H](C(=O)N[C@H](C(=O)N[C@H](C(=O)N[C@@H](CCC(=O)O)C(=O)N[C@@H](C)C(=O)N[C@H](C(=O)N[C@@H](CC(=O)O)C(=O)N[C@@H](C)C(=O)N[C@@H](C)C(=O)N[C@H](C(=O)N[C@@H](C)C(=O)N[C@@H](CCC(=O)O)C(=O)N[C@@H](CCCCN)C(=O)N[C@H](C(=O)O)C(C)C)[C@@H](C)O)C(C)C)[C@@H](C)O)[C@@H](C)O)[C@@H](C)O. The quantitative estimate of drug-likeness (QED) is 0.0251. The lowest BCUT2D eigenvalue weighted by Crippen LogP contribution is -2.64. The van der Waals surface area contributed by atoms with E-state index in [2.05, 4.69) is 101 Å². The van der Waals surface area contributed by atoms with E-state index in [-0.39, 0.29) is 57.5 Å². The number of rotatable bonds is 71. The lowest BCUT2D eigenvalue weighted by molar-refractivity contribution is -0.143. The van der Waals surface area contributed by atoms with E-state index in [0.717, 1.165) is 55.4 Å². The highest BCUT2D eigenvalue weighted by Crippen LogP contribution is 2.16. The third kappa shape index (κ3) is 49.8. The van der Waals surface area contributed by atoms with Gasteiger partial charge in [0.05, 0.1) is 49.5 Å². The molecule has 0 rings (SSSR count). The Labute approximate surface area is 831 Å². The summed E-state index contributed by atoms with van der Waals surface area (Å²) in [6.45, 7) is 18.2. The van der Waals surface area contributed by atoms with Gasteiger partial charge in [0.1, 0.15) is 109 Å². The highest BCUT2D eigenvalue weighted by Gasteiger charge is 2.43. The molecule has 0 aromatic carbocycles. The van der Waals surface area contributed by atoms with Gasteiger partial charge in [-0.25, -0.2) is 4.79 Å². The van der Waals surface area contributed by atoms with Crippen LogP contribution in [0, 0.1) is 17.8 Å². The molecule has 818 valence electrons. The molecule has 57 nitrogen and oxygen atoms in total. The molecule has 0 aliphatic heterocycles. The highest BCUT2D eigenvalue weighted by atomic mass is 16.4.